The summed E-state index contributed by atoms with van der Waals surface area (Å²) in [6.45, 7) is 0. The third-order valence-corrected chi connectivity index (χ3v) is 1.87. The normalized spacial score (nSPS) is 9.38. The Kier molecular flexibility index (Phi) is 3.58. The Labute approximate surface area is 81.7 Å². The average Bonchev–Trinajstić information content (AvgIpc) is 2.18. The topological polar surface area (TPSA) is 38.3 Å². The minimum absolute atomic E-state index is 0.361. The van der Waals surface area contributed by atoms with E-state index in [1.54, 1.807) is 6.07 Å². The van der Waals surface area contributed by atoms with Crippen molar-refractivity contribution >= 4 is 23.4 Å². The molecule has 4 heteroatoms. The maximum atomic E-state index is 10.9. The summed E-state index contributed by atoms with van der Waals surface area (Å²) in [7, 11) is 1.32. The fourth-order valence-corrected chi connectivity index (χ4v) is 1.15. The van der Waals surface area contributed by atoms with Crippen LogP contribution in [-0.2, 0) is 10.6 Å². The lowest BCUT2D eigenvalue weighted by molar-refractivity contribution is 0.187. The molecule has 0 fully saturated rings. The Balaban J connectivity index is 2.81. The zero-order chi connectivity index (χ0) is 9.68. The Morgan fingerprint density at radius 3 is 2.85 bits per heavy atom. The molecule has 0 bridgehead atoms. The molecule has 0 heterocycles. The number of hydrogen-bond donors (Lipinski definition) is 1. The van der Waals surface area contributed by atoms with Crippen LogP contribution in [0.5, 0.6) is 0 Å². The van der Waals surface area contributed by atoms with Crippen molar-refractivity contribution in [3.63, 3.8) is 0 Å². The molecule has 0 saturated heterocycles. The molecule has 1 amide bonds. The number of nitrogens with one attached hydrogen (secondary N) is 1. The van der Waals surface area contributed by atoms with E-state index in [9.17, 15) is 4.79 Å². The van der Waals surface area contributed by atoms with Crippen molar-refractivity contribution in [2.24, 2.45) is 0 Å². The molecule has 1 aromatic carbocycles. The van der Waals surface area contributed by atoms with Crippen molar-refractivity contribution in [3.05, 3.63) is 29.8 Å². The molecule has 0 atom stereocenters. The first kappa shape index (κ1) is 9.86. The number of amides is 1. The summed E-state index contributed by atoms with van der Waals surface area (Å²) in [5.74, 6) is 0.361. The lowest BCUT2D eigenvalue weighted by Gasteiger charge is -2.06. The summed E-state index contributed by atoms with van der Waals surface area (Å²) in [5, 5.41) is 2.57. The second-order valence-corrected chi connectivity index (χ2v) is 2.67. The third-order valence-electron chi connectivity index (χ3n) is 1.58. The number of para-hydroxylation sites is 1. The lowest BCUT2D eigenvalue weighted by atomic mass is 10.2. The molecule has 3 nitrogen and oxygen atoms in total. The van der Waals surface area contributed by atoms with Gasteiger partial charge < -0.3 is 4.74 Å². The van der Waals surface area contributed by atoms with Gasteiger partial charge in [-0.25, -0.2) is 4.79 Å². The number of methoxy groups -OCH3 is 1. The highest BCUT2D eigenvalue weighted by molar-refractivity contribution is 6.17. The van der Waals surface area contributed by atoms with Gasteiger partial charge in [0.05, 0.1) is 7.11 Å². The number of benzene rings is 1. The highest BCUT2D eigenvalue weighted by Crippen LogP contribution is 2.16. The molecule has 0 aliphatic rings. The number of halogens is 1. The zero-order valence-corrected chi connectivity index (χ0v) is 7.97. The fraction of sp³-hybridized carbons (Fsp3) is 0.222. The van der Waals surface area contributed by atoms with E-state index in [1.807, 2.05) is 18.2 Å². The summed E-state index contributed by atoms with van der Waals surface area (Å²) in [5.41, 5.74) is 1.55. The van der Waals surface area contributed by atoms with Crippen LogP contribution in [0, 0.1) is 0 Å². The van der Waals surface area contributed by atoms with Crippen molar-refractivity contribution < 1.29 is 9.53 Å². The van der Waals surface area contributed by atoms with E-state index in [-0.39, 0.29) is 0 Å². The number of carbonyl (C=O) groups excluding carboxylic acids is 1. The monoisotopic (exact) mass is 199 g/mol. The van der Waals surface area contributed by atoms with Gasteiger partial charge in [-0.15, -0.1) is 11.6 Å². The zero-order valence-electron chi connectivity index (χ0n) is 7.21. The number of alkyl halides is 1. The van der Waals surface area contributed by atoms with Crippen molar-refractivity contribution in [2.45, 2.75) is 5.88 Å². The molecule has 0 spiro atoms. The minimum atomic E-state index is -0.488. The van der Waals surface area contributed by atoms with Crippen LogP contribution in [0.2, 0.25) is 0 Å². The standard InChI is InChI=1S/C9H10ClNO2/c1-13-9(12)11-8-5-3-2-4-7(8)6-10/h2-5H,6H2,1H3,(H,11,12). The first-order valence-electron chi connectivity index (χ1n) is 3.76. The van der Waals surface area contributed by atoms with Crippen LogP contribution in [-0.4, -0.2) is 13.2 Å². The predicted octanol–water partition coefficient (Wildman–Crippen LogP) is 2.60. The molecule has 70 valence electrons. The largest absolute Gasteiger partial charge is 0.453 e. The third kappa shape index (κ3) is 2.63. The van der Waals surface area contributed by atoms with Crippen LogP contribution >= 0.6 is 11.6 Å². The van der Waals surface area contributed by atoms with Crippen molar-refractivity contribution in [2.75, 3.05) is 12.4 Å². The summed E-state index contributed by atoms with van der Waals surface area (Å²) in [6, 6.07) is 7.30. The predicted molar refractivity (Wildman–Crippen MR) is 52.0 cm³/mol. The molecule has 0 unspecified atom stereocenters. The van der Waals surface area contributed by atoms with Crippen LogP contribution < -0.4 is 5.32 Å². The Hall–Kier alpha value is -1.22. The molecular formula is C9H10ClNO2. The van der Waals surface area contributed by atoms with E-state index in [4.69, 9.17) is 11.6 Å². The molecule has 1 aromatic rings. The molecule has 0 saturated carbocycles. The molecule has 0 aliphatic heterocycles. The van der Waals surface area contributed by atoms with Gasteiger partial charge in [0.25, 0.3) is 0 Å². The summed E-state index contributed by atoms with van der Waals surface area (Å²) >= 11 is 5.67. The maximum absolute atomic E-state index is 10.9. The van der Waals surface area contributed by atoms with E-state index < -0.39 is 6.09 Å². The van der Waals surface area contributed by atoms with Gasteiger partial charge in [-0.2, -0.15) is 0 Å². The summed E-state index contributed by atoms with van der Waals surface area (Å²) < 4.78 is 4.46. The van der Waals surface area contributed by atoms with Crippen LogP contribution in [0.25, 0.3) is 0 Å². The van der Waals surface area contributed by atoms with Crippen LogP contribution in [0.1, 0.15) is 5.56 Å². The second-order valence-electron chi connectivity index (χ2n) is 2.41. The molecule has 0 aliphatic carbocycles. The number of hydrogen-bond acceptors (Lipinski definition) is 2. The van der Waals surface area contributed by atoms with Crippen LogP contribution in [0.3, 0.4) is 0 Å². The maximum Gasteiger partial charge on any atom is 0.411 e. The highest BCUT2D eigenvalue weighted by Gasteiger charge is 2.03. The van der Waals surface area contributed by atoms with E-state index >= 15 is 0 Å². The van der Waals surface area contributed by atoms with Gasteiger partial charge in [-0.05, 0) is 11.6 Å². The Morgan fingerprint density at radius 1 is 1.54 bits per heavy atom. The molecule has 0 aromatic heterocycles. The SMILES string of the molecule is COC(=O)Nc1ccccc1CCl. The molecular weight excluding hydrogens is 190 g/mol. The Morgan fingerprint density at radius 2 is 2.23 bits per heavy atom. The van der Waals surface area contributed by atoms with Crippen molar-refractivity contribution in [1.82, 2.24) is 0 Å². The van der Waals surface area contributed by atoms with E-state index in [2.05, 4.69) is 10.1 Å². The summed E-state index contributed by atoms with van der Waals surface area (Å²) in [4.78, 5) is 10.9. The van der Waals surface area contributed by atoms with Gasteiger partial charge >= 0.3 is 6.09 Å². The van der Waals surface area contributed by atoms with Gasteiger partial charge in [-0.3, -0.25) is 5.32 Å². The smallest absolute Gasteiger partial charge is 0.411 e. The van der Waals surface area contributed by atoms with Crippen molar-refractivity contribution in [3.8, 4) is 0 Å². The van der Waals surface area contributed by atoms with Gasteiger partial charge in [0.2, 0.25) is 0 Å². The van der Waals surface area contributed by atoms with E-state index in [0.717, 1.165) is 5.56 Å². The van der Waals surface area contributed by atoms with Crippen LogP contribution in [0.4, 0.5) is 10.5 Å². The van der Waals surface area contributed by atoms with E-state index in [0.29, 0.717) is 11.6 Å². The van der Waals surface area contributed by atoms with Gasteiger partial charge in [0.15, 0.2) is 0 Å². The van der Waals surface area contributed by atoms with Gasteiger partial charge in [0, 0.05) is 11.6 Å². The van der Waals surface area contributed by atoms with Crippen molar-refractivity contribution in [1.29, 1.82) is 0 Å². The van der Waals surface area contributed by atoms with Gasteiger partial charge in [-0.1, -0.05) is 18.2 Å². The number of carbonyl (C=O) groups is 1. The molecule has 1 N–H and O–H groups in total. The molecule has 0 radical (unpaired) electrons. The highest BCUT2D eigenvalue weighted by atomic mass is 35.5. The van der Waals surface area contributed by atoms with Gasteiger partial charge in [0.1, 0.15) is 0 Å². The first-order valence-corrected chi connectivity index (χ1v) is 4.30. The average molecular weight is 200 g/mol. The number of ether oxygens (including phenoxy) is 1. The second kappa shape index (κ2) is 4.72. The number of anilines is 1. The first-order chi connectivity index (χ1) is 6.27. The lowest BCUT2D eigenvalue weighted by Crippen LogP contribution is -2.12. The molecule has 1 rings (SSSR count). The number of rotatable bonds is 2. The van der Waals surface area contributed by atoms with E-state index in [1.165, 1.54) is 7.11 Å². The summed E-state index contributed by atoms with van der Waals surface area (Å²) in [6.07, 6.45) is -0.488. The Bertz CT molecular complexity index is 301. The quantitative estimate of drug-likeness (QED) is 0.744. The van der Waals surface area contributed by atoms with Crippen LogP contribution in [0.15, 0.2) is 24.3 Å². The minimum Gasteiger partial charge on any atom is -0.453 e. The fourth-order valence-electron chi connectivity index (χ4n) is 0.920. The molecule has 13 heavy (non-hydrogen) atoms.